The van der Waals surface area contributed by atoms with Gasteiger partial charge in [-0.25, -0.2) is 4.79 Å². The van der Waals surface area contributed by atoms with E-state index in [-0.39, 0.29) is 17.1 Å². The molecule has 0 bridgehead atoms. The predicted molar refractivity (Wildman–Crippen MR) is 86.0 cm³/mol. The van der Waals surface area contributed by atoms with Gasteiger partial charge in [-0.05, 0) is 37.3 Å². The first kappa shape index (κ1) is 18.5. The number of furan rings is 1. The Labute approximate surface area is 150 Å². The Morgan fingerprint density at radius 3 is 2.67 bits per heavy atom. The number of anilines is 2. The average Bonchev–Trinajstić information content (AvgIpc) is 3.13. The number of carbonyl (C=O) groups excluding carboxylic acids is 3. The van der Waals surface area contributed by atoms with Crippen LogP contribution in [0.4, 0.5) is 24.5 Å². The van der Waals surface area contributed by atoms with Gasteiger partial charge in [0, 0.05) is 0 Å². The van der Waals surface area contributed by atoms with Crippen molar-refractivity contribution < 1.29 is 36.7 Å². The maximum atomic E-state index is 12.9. The second-order valence-electron chi connectivity index (χ2n) is 5.73. The summed E-state index contributed by atoms with van der Waals surface area (Å²) in [7, 11) is 0. The zero-order valence-corrected chi connectivity index (χ0v) is 13.9. The van der Waals surface area contributed by atoms with Crippen LogP contribution in [0.2, 0.25) is 0 Å². The number of benzene rings is 1. The van der Waals surface area contributed by atoms with E-state index in [0.717, 1.165) is 23.1 Å². The maximum absolute atomic E-state index is 12.9. The molecule has 1 aromatic heterocycles. The summed E-state index contributed by atoms with van der Waals surface area (Å²) in [6, 6.07) is 5.44. The first-order valence-electron chi connectivity index (χ1n) is 7.74. The fourth-order valence-electron chi connectivity index (χ4n) is 2.55. The van der Waals surface area contributed by atoms with E-state index in [1.807, 2.05) is 0 Å². The van der Waals surface area contributed by atoms with Crippen LogP contribution < -0.4 is 10.2 Å². The summed E-state index contributed by atoms with van der Waals surface area (Å²) in [5.74, 6) is -2.42. The van der Waals surface area contributed by atoms with Crippen molar-refractivity contribution in [3.05, 3.63) is 47.9 Å². The highest BCUT2D eigenvalue weighted by molar-refractivity contribution is 6.11. The van der Waals surface area contributed by atoms with Gasteiger partial charge >= 0.3 is 12.1 Å². The Balaban J connectivity index is 1.83. The van der Waals surface area contributed by atoms with E-state index in [9.17, 15) is 27.6 Å². The number of amides is 2. The Morgan fingerprint density at radius 2 is 2.04 bits per heavy atom. The lowest BCUT2D eigenvalue weighted by Gasteiger charge is -2.31. The van der Waals surface area contributed by atoms with E-state index in [1.54, 1.807) is 0 Å². The number of ether oxygens (including phenoxy) is 1. The Bertz CT molecular complexity index is 892. The standard InChI is InChI=1S/C17H13F3N2O5/c1-9(27-16(25)13-3-2-6-26-13)15(24)22-8-14(23)21-11-7-10(17(18,19)20)4-5-12(11)22/h2-7,9H,8H2,1H3,(H,21,23)/t9-/m0/s1. The summed E-state index contributed by atoms with van der Waals surface area (Å²) in [6.45, 7) is 0.874. The molecule has 0 radical (unpaired) electrons. The first-order chi connectivity index (χ1) is 12.7. The van der Waals surface area contributed by atoms with Crippen molar-refractivity contribution in [2.75, 3.05) is 16.8 Å². The highest BCUT2D eigenvalue weighted by atomic mass is 19.4. The number of hydrogen-bond donors (Lipinski definition) is 1. The van der Waals surface area contributed by atoms with Gasteiger partial charge in [0.25, 0.3) is 5.91 Å². The quantitative estimate of drug-likeness (QED) is 0.825. The van der Waals surface area contributed by atoms with E-state index in [1.165, 1.54) is 25.3 Å². The van der Waals surface area contributed by atoms with Crippen LogP contribution in [-0.2, 0) is 20.5 Å². The van der Waals surface area contributed by atoms with Crippen molar-refractivity contribution in [3.8, 4) is 0 Å². The summed E-state index contributed by atoms with van der Waals surface area (Å²) in [5.41, 5.74) is -1.04. The van der Waals surface area contributed by atoms with E-state index in [0.29, 0.717) is 0 Å². The lowest BCUT2D eigenvalue weighted by molar-refractivity contribution is -0.137. The van der Waals surface area contributed by atoms with Gasteiger partial charge in [0.15, 0.2) is 6.10 Å². The molecule has 1 atom stereocenters. The molecule has 2 aromatic rings. The molecular formula is C17H13F3N2O5. The zero-order valence-electron chi connectivity index (χ0n) is 13.9. The normalized spacial score (nSPS) is 15.0. The maximum Gasteiger partial charge on any atom is 0.416 e. The van der Waals surface area contributed by atoms with Crippen molar-refractivity contribution in [1.82, 2.24) is 0 Å². The molecule has 1 aliphatic heterocycles. The molecule has 2 amide bonds. The van der Waals surface area contributed by atoms with Crippen LogP contribution in [0.3, 0.4) is 0 Å². The first-order valence-corrected chi connectivity index (χ1v) is 7.74. The van der Waals surface area contributed by atoms with Crippen molar-refractivity contribution >= 4 is 29.2 Å². The van der Waals surface area contributed by atoms with Gasteiger partial charge < -0.3 is 14.5 Å². The van der Waals surface area contributed by atoms with Crippen molar-refractivity contribution in [3.63, 3.8) is 0 Å². The van der Waals surface area contributed by atoms with E-state index < -0.39 is 42.2 Å². The van der Waals surface area contributed by atoms with Crippen LogP contribution in [0.15, 0.2) is 41.0 Å². The number of hydrogen-bond acceptors (Lipinski definition) is 5. The Hall–Kier alpha value is -3.30. The topological polar surface area (TPSA) is 88.8 Å². The molecule has 0 spiro atoms. The molecule has 1 N–H and O–H groups in total. The number of rotatable bonds is 3. The molecule has 0 fully saturated rings. The molecule has 2 heterocycles. The van der Waals surface area contributed by atoms with Gasteiger partial charge in [0.1, 0.15) is 6.54 Å². The second kappa shape index (κ2) is 6.78. The van der Waals surface area contributed by atoms with Crippen molar-refractivity contribution in [1.29, 1.82) is 0 Å². The fourth-order valence-corrected chi connectivity index (χ4v) is 2.55. The SMILES string of the molecule is C[C@H](OC(=O)c1ccco1)C(=O)N1CC(=O)Nc2cc(C(F)(F)F)ccc21. The molecule has 0 saturated heterocycles. The predicted octanol–water partition coefficient (Wildman–Crippen LogP) is 2.83. The van der Waals surface area contributed by atoms with Gasteiger partial charge in [-0.2, -0.15) is 13.2 Å². The molecule has 1 aliphatic rings. The molecule has 27 heavy (non-hydrogen) atoms. The number of alkyl halides is 3. The van der Waals surface area contributed by atoms with Crippen LogP contribution in [-0.4, -0.2) is 30.4 Å². The van der Waals surface area contributed by atoms with Crippen LogP contribution in [0.5, 0.6) is 0 Å². The molecule has 1 aromatic carbocycles. The zero-order chi connectivity index (χ0) is 19.8. The highest BCUT2D eigenvalue weighted by Gasteiger charge is 2.35. The van der Waals surface area contributed by atoms with E-state index >= 15 is 0 Å². The van der Waals surface area contributed by atoms with Crippen molar-refractivity contribution in [2.45, 2.75) is 19.2 Å². The summed E-state index contributed by atoms with van der Waals surface area (Å²) < 4.78 is 48.4. The Morgan fingerprint density at radius 1 is 1.30 bits per heavy atom. The molecule has 10 heteroatoms. The van der Waals surface area contributed by atoms with Crippen LogP contribution in [0.25, 0.3) is 0 Å². The number of fused-ring (bicyclic) bond motifs is 1. The number of nitrogens with zero attached hydrogens (tertiary/aromatic N) is 1. The lowest BCUT2D eigenvalue weighted by Crippen LogP contribution is -2.47. The molecule has 0 unspecified atom stereocenters. The summed E-state index contributed by atoms with van der Waals surface area (Å²) in [6.07, 6.45) is -4.63. The number of esters is 1. The third kappa shape index (κ3) is 3.78. The van der Waals surface area contributed by atoms with Crippen LogP contribution in [0, 0.1) is 0 Å². The summed E-state index contributed by atoms with van der Waals surface area (Å²) in [5, 5.41) is 2.30. The molecule has 142 valence electrons. The third-order valence-electron chi connectivity index (χ3n) is 3.81. The second-order valence-corrected chi connectivity index (χ2v) is 5.73. The monoisotopic (exact) mass is 382 g/mol. The molecule has 3 rings (SSSR count). The van der Waals surface area contributed by atoms with Gasteiger partial charge in [-0.3, -0.25) is 14.5 Å². The van der Waals surface area contributed by atoms with E-state index in [4.69, 9.17) is 9.15 Å². The molecule has 0 saturated carbocycles. The summed E-state index contributed by atoms with van der Waals surface area (Å²) in [4.78, 5) is 37.3. The average molecular weight is 382 g/mol. The van der Waals surface area contributed by atoms with Crippen molar-refractivity contribution in [2.24, 2.45) is 0 Å². The number of halogens is 3. The van der Waals surface area contributed by atoms with Crippen LogP contribution in [0.1, 0.15) is 23.0 Å². The van der Waals surface area contributed by atoms with Gasteiger partial charge in [-0.1, -0.05) is 0 Å². The largest absolute Gasteiger partial charge is 0.457 e. The number of carbonyl (C=O) groups is 3. The minimum atomic E-state index is -4.60. The Kier molecular flexibility index (Phi) is 4.64. The fraction of sp³-hybridized carbons (Fsp3) is 0.235. The number of nitrogens with one attached hydrogen (secondary N) is 1. The minimum absolute atomic E-state index is 0.0773. The van der Waals surface area contributed by atoms with Gasteiger partial charge in [0.2, 0.25) is 11.7 Å². The van der Waals surface area contributed by atoms with Crippen LogP contribution >= 0.6 is 0 Å². The minimum Gasteiger partial charge on any atom is -0.457 e. The smallest absolute Gasteiger partial charge is 0.416 e. The van der Waals surface area contributed by atoms with Gasteiger partial charge in [-0.15, -0.1) is 0 Å². The summed E-state index contributed by atoms with van der Waals surface area (Å²) >= 11 is 0. The molecular weight excluding hydrogens is 369 g/mol. The third-order valence-corrected chi connectivity index (χ3v) is 3.81. The lowest BCUT2D eigenvalue weighted by atomic mass is 10.1. The molecule has 0 aliphatic carbocycles. The van der Waals surface area contributed by atoms with Gasteiger partial charge in [0.05, 0.1) is 23.2 Å². The van der Waals surface area contributed by atoms with E-state index in [2.05, 4.69) is 5.32 Å². The molecule has 7 nitrogen and oxygen atoms in total. The highest BCUT2D eigenvalue weighted by Crippen LogP contribution is 2.37.